The number of hydrogen-bond donors (Lipinski definition) is 0. The zero-order chi connectivity index (χ0) is 32.1. The van der Waals surface area contributed by atoms with Crippen LogP contribution in [0.4, 0.5) is 0 Å². The normalized spacial score (nSPS) is 43.3. The quantitative estimate of drug-likeness (QED) is 0.250. The number of allylic oxidation sites excluding steroid dienone is 1. The van der Waals surface area contributed by atoms with Crippen molar-refractivity contribution in [2.45, 2.75) is 140 Å². The molecule has 2 nitrogen and oxygen atoms in total. The Kier molecular flexibility index (Phi) is 8.20. The maximum atomic E-state index is 7.13. The lowest BCUT2D eigenvalue weighted by Gasteiger charge is -2.70. The molecule has 3 heteroatoms. The van der Waals surface area contributed by atoms with E-state index in [9.17, 15) is 0 Å². The average Bonchev–Trinajstić information content (AvgIpc) is 3.00. The summed E-state index contributed by atoms with van der Waals surface area (Å²) < 4.78 is 13.8. The van der Waals surface area contributed by atoms with E-state index in [4.69, 9.17) is 9.47 Å². The van der Waals surface area contributed by atoms with Gasteiger partial charge in [-0.1, -0.05) is 73.7 Å². The van der Waals surface area contributed by atoms with E-state index >= 15 is 0 Å². The Balaban J connectivity index is 1.45. The van der Waals surface area contributed by atoms with E-state index in [0.29, 0.717) is 22.9 Å². The molecule has 9 aliphatic rings. The van der Waals surface area contributed by atoms with Gasteiger partial charge in [-0.05, 0) is 163 Å². The van der Waals surface area contributed by atoms with Gasteiger partial charge in [0.2, 0.25) is 0 Å². The molecule has 0 radical (unpaired) electrons. The van der Waals surface area contributed by atoms with E-state index in [1.807, 2.05) is 7.11 Å². The van der Waals surface area contributed by atoms with Crippen molar-refractivity contribution < 1.29 is 9.47 Å². The fourth-order valence-electron chi connectivity index (χ4n) is 14.2. The number of methoxy groups -OCH3 is 2. The maximum Gasteiger partial charge on any atom is 0.123 e. The van der Waals surface area contributed by atoms with Crippen molar-refractivity contribution in [3.05, 3.63) is 52.8 Å². The van der Waals surface area contributed by atoms with Crippen molar-refractivity contribution >= 4 is 13.5 Å². The second-order valence-corrected chi connectivity index (χ2v) is 21.5. The van der Waals surface area contributed by atoms with Gasteiger partial charge in [0.25, 0.3) is 0 Å². The van der Waals surface area contributed by atoms with E-state index in [-0.39, 0.29) is 11.3 Å². The molecule has 0 heterocycles. The molecule has 0 aliphatic heterocycles. The van der Waals surface area contributed by atoms with Crippen molar-refractivity contribution in [2.75, 3.05) is 14.2 Å². The highest BCUT2D eigenvalue weighted by Crippen LogP contribution is 2.83. The minimum absolute atomic E-state index is 0.0829. The Hall–Kier alpha value is -1.11. The third-order valence-corrected chi connectivity index (χ3v) is 19.7. The van der Waals surface area contributed by atoms with Gasteiger partial charge in [-0.25, -0.2) is 0 Å². The third-order valence-electron chi connectivity index (χ3n) is 14.9. The van der Waals surface area contributed by atoms with E-state index in [1.165, 1.54) is 87.3 Å². The molecule has 0 N–H and O–H groups in total. The predicted molar refractivity (Wildman–Crippen MR) is 194 cm³/mol. The fourth-order valence-corrected chi connectivity index (χ4v) is 20.3. The van der Waals surface area contributed by atoms with Gasteiger partial charge < -0.3 is 9.47 Å². The molecule has 1 aromatic carbocycles. The van der Waals surface area contributed by atoms with Gasteiger partial charge in [0.15, 0.2) is 0 Å². The van der Waals surface area contributed by atoms with Crippen LogP contribution in [0.1, 0.15) is 129 Å². The second kappa shape index (κ2) is 11.8. The summed E-state index contributed by atoms with van der Waals surface area (Å²) in [5.41, 5.74) is 6.84. The van der Waals surface area contributed by atoms with Gasteiger partial charge in [-0.3, -0.25) is 0 Å². The molecule has 8 saturated carbocycles. The van der Waals surface area contributed by atoms with Gasteiger partial charge in [0.1, 0.15) is 5.76 Å². The number of benzene rings is 1. The van der Waals surface area contributed by atoms with Crippen molar-refractivity contribution in [1.82, 2.24) is 0 Å². The molecule has 10 rings (SSSR count). The molecular formula is C43H63O2P. The van der Waals surface area contributed by atoms with Crippen LogP contribution in [-0.4, -0.2) is 36.3 Å². The van der Waals surface area contributed by atoms with Gasteiger partial charge in [0.05, 0.1) is 18.4 Å². The number of ether oxygens (including phenoxy) is 2. The first-order chi connectivity index (χ1) is 22.1. The molecule has 3 atom stereocenters. The molecule has 0 saturated heterocycles. The van der Waals surface area contributed by atoms with Crippen LogP contribution in [0.2, 0.25) is 0 Å². The van der Waals surface area contributed by atoms with Crippen LogP contribution in [0.3, 0.4) is 0 Å². The molecule has 0 spiro atoms. The first-order valence-corrected chi connectivity index (χ1v) is 20.9. The highest BCUT2D eigenvalue weighted by atomic mass is 31.1. The minimum atomic E-state index is -0.454. The van der Waals surface area contributed by atoms with Gasteiger partial charge in [-0.2, -0.15) is 0 Å². The molecule has 8 fully saturated rings. The van der Waals surface area contributed by atoms with Crippen LogP contribution < -0.4 is 0 Å². The molecule has 9 aliphatic carbocycles. The lowest BCUT2D eigenvalue weighted by molar-refractivity contribution is 0.00991. The Labute approximate surface area is 282 Å². The second-order valence-electron chi connectivity index (χ2n) is 18.5. The zero-order valence-corrected chi connectivity index (χ0v) is 31.3. The lowest BCUT2D eigenvalue weighted by atomic mass is 9.55. The van der Waals surface area contributed by atoms with Gasteiger partial charge in [-0.15, -0.1) is 0 Å². The van der Waals surface area contributed by atoms with Crippen molar-refractivity contribution in [3.63, 3.8) is 0 Å². The zero-order valence-electron chi connectivity index (χ0n) is 30.4. The van der Waals surface area contributed by atoms with Crippen LogP contribution >= 0.6 is 7.92 Å². The maximum absolute atomic E-state index is 7.13. The fraction of sp³-hybridized carbons (Fsp3) is 0.767. The van der Waals surface area contributed by atoms with Crippen molar-refractivity contribution in [3.8, 4) is 0 Å². The summed E-state index contributed by atoms with van der Waals surface area (Å²) >= 11 is 0. The minimum Gasteiger partial charge on any atom is -0.496 e. The van der Waals surface area contributed by atoms with E-state index in [0.717, 1.165) is 52.8 Å². The monoisotopic (exact) mass is 642 g/mol. The molecule has 3 unspecified atom stereocenters. The molecule has 0 aromatic heterocycles. The Morgan fingerprint density at radius 3 is 1.72 bits per heavy atom. The van der Waals surface area contributed by atoms with Crippen LogP contribution in [-0.2, 0) is 9.47 Å². The molecule has 0 amide bonds. The van der Waals surface area contributed by atoms with E-state index in [1.54, 1.807) is 5.57 Å². The Morgan fingerprint density at radius 2 is 1.24 bits per heavy atom. The highest BCUT2D eigenvalue weighted by molar-refractivity contribution is 7.62. The van der Waals surface area contributed by atoms with Crippen LogP contribution in [0.25, 0.3) is 5.57 Å². The predicted octanol–water partition coefficient (Wildman–Crippen LogP) is 11.4. The number of rotatable bonds is 9. The Bertz CT molecular complexity index is 1320. The summed E-state index contributed by atoms with van der Waals surface area (Å²) in [6, 6.07) is 9.48. The first-order valence-electron chi connectivity index (χ1n) is 19.5. The molecular weight excluding hydrogens is 579 g/mol. The molecule has 252 valence electrons. The van der Waals surface area contributed by atoms with Gasteiger partial charge >= 0.3 is 0 Å². The van der Waals surface area contributed by atoms with Crippen LogP contribution in [0.5, 0.6) is 0 Å². The topological polar surface area (TPSA) is 18.5 Å². The van der Waals surface area contributed by atoms with Crippen molar-refractivity contribution in [2.24, 2.45) is 53.3 Å². The summed E-state index contributed by atoms with van der Waals surface area (Å²) in [4.78, 5) is 0. The first kappa shape index (κ1) is 32.1. The van der Waals surface area contributed by atoms with E-state index < -0.39 is 7.92 Å². The summed E-state index contributed by atoms with van der Waals surface area (Å²) in [5, 5.41) is 0.391. The largest absolute Gasteiger partial charge is 0.496 e. The SMILES string of the molecule is COC1=C(c2ccccc2C(C)C)C(C(C)C)(P(C2C3CC4CC(C3)CC2C4)C23CC4CC(CC(C4)C2)C3)C(OC)C(C(C)C)=C1. The molecule has 1 aromatic rings. The molecule has 8 bridgehead atoms. The van der Waals surface area contributed by atoms with Gasteiger partial charge in [0, 0.05) is 12.7 Å². The summed E-state index contributed by atoms with van der Waals surface area (Å²) in [7, 11) is 3.59. The van der Waals surface area contributed by atoms with Crippen molar-refractivity contribution in [1.29, 1.82) is 0 Å². The average molecular weight is 643 g/mol. The standard InChI is InChI=1S/C43H63O2P/c1-25(2)35-11-9-10-12-36(35)39-38(44-7)21-37(26(3)4)41(45-8)43(39,27(5)6)46(40-33-17-28-13-29(19-33)20-34(40)18-28)42-22-30-14-31(23-42)16-32(15-30)24-42/h9-12,21,25-34,40-41H,13-20,22-24H2,1-8H3. The van der Waals surface area contributed by atoms with Crippen LogP contribution in [0, 0.1) is 53.3 Å². The van der Waals surface area contributed by atoms with E-state index in [2.05, 4.69) is 79.0 Å². The molecule has 46 heavy (non-hydrogen) atoms. The summed E-state index contributed by atoms with van der Waals surface area (Å²) in [5.74, 6) is 9.20. The smallest absolute Gasteiger partial charge is 0.123 e. The Morgan fingerprint density at radius 1 is 0.696 bits per heavy atom. The van der Waals surface area contributed by atoms with Crippen LogP contribution in [0.15, 0.2) is 41.7 Å². The number of hydrogen-bond acceptors (Lipinski definition) is 2. The highest BCUT2D eigenvalue weighted by Gasteiger charge is 2.69. The third kappa shape index (κ3) is 4.67. The summed E-state index contributed by atoms with van der Waals surface area (Å²) in [6.45, 7) is 14.9. The lowest BCUT2D eigenvalue weighted by Crippen LogP contribution is -2.62. The summed E-state index contributed by atoms with van der Waals surface area (Å²) in [6.07, 6.45) is 19.2.